The van der Waals surface area contributed by atoms with E-state index in [4.69, 9.17) is 4.74 Å². The second-order valence-electron chi connectivity index (χ2n) is 5.74. The van der Waals surface area contributed by atoms with Crippen molar-refractivity contribution in [1.29, 1.82) is 0 Å². The van der Waals surface area contributed by atoms with Gasteiger partial charge in [-0.2, -0.15) is 4.57 Å². The average molecular weight is 323 g/mol. The Bertz CT molecular complexity index is 835. The monoisotopic (exact) mass is 323 g/mol. The zero-order valence-corrected chi connectivity index (χ0v) is 14.1. The largest absolute Gasteiger partial charge is 0.497 e. The van der Waals surface area contributed by atoms with E-state index in [1.165, 1.54) is 27.7 Å². The molecule has 0 atom stereocenters. The molecule has 0 bridgehead atoms. The van der Waals surface area contributed by atoms with Gasteiger partial charge in [-0.1, -0.05) is 29.8 Å². The fraction of sp³-hybridized carbons (Fsp3) is 0.211. The summed E-state index contributed by atoms with van der Waals surface area (Å²) in [5.41, 5.74) is 4.93. The topological polar surface area (TPSA) is 18.0 Å². The highest BCUT2D eigenvalue weighted by atomic mass is 32.2. The maximum Gasteiger partial charge on any atom is 0.323 e. The third-order valence-electron chi connectivity index (χ3n) is 4.20. The first-order valence-electron chi connectivity index (χ1n) is 7.76. The SMILES string of the molecule is COc1ccc(-n2c(-c3ccc(C)cc3)c[n+]3c2SCC3)cc1. The summed E-state index contributed by atoms with van der Waals surface area (Å²) in [6.45, 7) is 3.19. The zero-order chi connectivity index (χ0) is 15.8. The molecule has 0 saturated heterocycles. The molecule has 0 spiro atoms. The van der Waals surface area contributed by atoms with Gasteiger partial charge >= 0.3 is 5.16 Å². The predicted octanol–water partition coefficient (Wildman–Crippen LogP) is 3.85. The lowest BCUT2D eigenvalue weighted by molar-refractivity contribution is -0.723. The molecular weight excluding hydrogens is 304 g/mol. The molecule has 3 aromatic rings. The Hall–Kier alpha value is -2.20. The summed E-state index contributed by atoms with van der Waals surface area (Å²) in [6.07, 6.45) is 2.27. The van der Waals surface area contributed by atoms with Crippen LogP contribution in [0.25, 0.3) is 16.9 Å². The summed E-state index contributed by atoms with van der Waals surface area (Å²) in [7, 11) is 1.70. The summed E-state index contributed by atoms with van der Waals surface area (Å²) in [5.74, 6) is 2.02. The Kier molecular flexibility index (Phi) is 3.62. The third-order valence-corrected chi connectivity index (χ3v) is 5.26. The van der Waals surface area contributed by atoms with Gasteiger partial charge < -0.3 is 4.74 Å². The number of fused-ring (bicyclic) bond motifs is 1. The fourth-order valence-electron chi connectivity index (χ4n) is 2.94. The van der Waals surface area contributed by atoms with E-state index in [2.05, 4.69) is 58.7 Å². The van der Waals surface area contributed by atoms with Gasteiger partial charge in [0.1, 0.15) is 24.2 Å². The molecule has 0 unspecified atom stereocenters. The lowest BCUT2D eigenvalue weighted by Crippen LogP contribution is -2.30. The summed E-state index contributed by atoms with van der Waals surface area (Å²) < 4.78 is 9.99. The second kappa shape index (κ2) is 5.78. The van der Waals surface area contributed by atoms with E-state index in [1.807, 2.05) is 23.9 Å². The molecule has 2 aromatic carbocycles. The highest BCUT2D eigenvalue weighted by Gasteiger charge is 2.30. The average Bonchev–Trinajstić information content (AvgIpc) is 3.16. The number of rotatable bonds is 3. The van der Waals surface area contributed by atoms with Crippen LogP contribution in [0.1, 0.15) is 5.56 Å². The normalized spacial score (nSPS) is 13.1. The molecule has 4 heteroatoms. The predicted molar refractivity (Wildman–Crippen MR) is 93.4 cm³/mol. The van der Waals surface area contributed by atoms with E-state index in [0.717, 1.165) is 18.0 Å². The van der Waals surface area contributed by atoms with Crippen LogP contribution in [0.3, 0.4) is 0 Å². The van der Waals surface area contributed by atoms with Crippen LogP contribution in [0.15, 0.2) is 59.9 Å². The van der Waals surface area contributed by atoms with Crippen molar-refractivity contribution in [3.8, 4) is 22.7 Å². The van der Waals surface area contributed by atoms with Crippen LogP contribution in [0.5, 0.6) is 5.75 Å². The summed E-state index contributed by atoms with van der Waals surface area (Å²) in [4.78, 5) is 0. The molecule has 1 aromatic heterocycles. The molecule has 1 aliphatic heterocycles. The van der Waals surface area contributed by atoms with E-state index in [0.29, 0.717) is 0 Å². The van der Waals surface area contributed by atoms with Crippen LogP contribution in [0.2, 0.25) is 0 Å². The summed E-state index contributed by atoms with van der Waals surface area (Å²) in [5, 5.41) is 1.30. The number of thioether (sulfide) groups is 1. The zero-order valence-electron chi connectivity index (χ0n) is 13.3. The van der Waals surface area contributed by atoms with Gasteiger partial charge in [-0.25, -0.2) is 4.57 Å². The van der Waals surface area contributed by atoms with Crippen molar-refractivity contribution in [3.63, 3.8) is 0 Å². The maximum atomic E-state index is 5.29. The fourth-order valence-corrected chi connectivity index (χ4v) is 4.06. The number of benzene rings is 2. The van der Waals surface area contributed by atoms with Crippen LogP contribution < -0.4 is 9.30 Å². The Morgan fingerprint density at radius 2 is 1.78 bits per heavy atom. The van der Waals surface area contributed by atoms with Gasteiger partial charge in [0, 0.05) is 11.3 Å². The number of ether oxygens (including phenoxy) is 1. The number of methoxy groups -OCH3 is 1. The highest BCUT2D eigenvalue weighted by molar-refractivity contribution is 7.99. The molecule has 23 heavy (non-hydrogen) atoms. The maximum absolute atomic E-state index is 5.29. The molecule has 0 saturated carbocycles. The van der Waals surface area contributed by atoms with E-state index in [1.54, 1.807) is 7.11 Å². The van der Waals surface area contributed by atoms with Gasteiger partial charge in [-0.15, -0.1) is 0 Å². The molecule has 1 aliphatic rings. The first-order chi connectivity index (χ1) is 11.3. The van der Waals surface area contributed by atoms with Crippen molar-refractivity contribution in [3.05, 3.63) is 60.3 Å². The van der Waals surface area contributed by atoms with Gasteiger partial charge in [0.25, 0.3) is 0 Å². The van der Waals surface area contributed by atoms with Gasteiger partial charge in [-0.05, 0) is 43.0 Å². The van der Waals surface area contributed by atoms with E-state index < -0.39 is 0 Å². The third kappa shape index (κ3) is 2.53. The number of hydrogen-bond donors (Lipinski definition) is 0. The Balaban J connectivity index is 1.88. The minimum atomic E-state index is 0.884. The second-order valence-corrected chi connectivity index (χ2v) is 6.80. The summed E-state index contributed by atoms with van der Waals surface area (Å²) >= 11 is 1.91. The number of nitrogens with zero attached hydrogens (tertiary/aromatic N) is 2. The van der Waals surface area contributed by atoms with Crippen LogP contribution in [0, 0.1) is 6.92 Å². The molecule has 0 radical (unpaired) electrons. The van der Waals surface area contributed by atoms with Gasteiger partial charge in [0.15, 0.2) is 5.69 Å². The van der Waals surface area contributed by atoms with Crippen molar-refractivity contribution >= 4 is 11.8 Å². The number of aryl methyl sites for hydroxylation is 2. The van der Waals surface area contributed by atoms with Crippen molar-refractivity contribution < 1.29 is 9.30 Å². The molecule has 2 heterocycles. The highest BCUT2D eigenvalue weighted by Crippen LogP contribution is 2.32. The minimum Gasteiger partial charge on any atom is -0.497 e. The molecule has 4 rings (SSSR count). The Morgan fingerprint density at radius 1 is 1.04 bits per heavy atom. The molecule has 3 nitrogen and oxygen atoms in total. The number of hydrogen-bond acceptors (Lipinski definition) is 2. The molecule has 0 amide bonds. The van der Waals surface area contributed by atoms with Crippen LogP contribution in [-0.2, 0) is 6.54 Å². The molecular formula is C19H19N2OS+. The lowest BCUT2D eigenvalue weighted by atomic mass is 10.1. The molecule has 0 N–H and O–H groups in total. The van der Waals surface area contributed by atoms with Gasteiger partial charge in [-0.3, -0.25) is 0 Å². The quantitative estimate of drug-likeness (QED) is 0.681. The van der Waals surface area contributed by atoms with Crippen molar-refractivity contribution in [2.45, 2.75) is 18.6 Å². The van der Waals surface area contributed by atoms with Crippen LogP contribution in [-0.4, -0.2) is 17.4 Å². The molecule has 116 valence electrons. The van der Waals surface area contributed by atoms with Crippen molar-refractivity contribution in [2.24, 2.45) is 0 Å². The minimum absolute atomic E-state index is 0.884. The van der Waals surface area contributed by atoms with Gasteiger partial charge in [0.05, 0.1) is 7.11 Å². The molecule has 0 fully saturated rings. The Morgan fingerprint density at radius 3 is 2.48 bits per heavy atom. The Labute approximate surface area is 140 Å². The number of imidazole rings is 1. The van der Waals surface area contributed by atoms with Crippen LogP contribution in [0.4, 0.5) is 0 Å². The van der Waals surface area contributed by atoms with Gasteiger partial charge in [0.2, 0.25) is 0 Å². The van der Waals surface area contributed by atoms with E-state index in [9.17, 15) is 0 Å². The van der Waals surface area contributed by atoms with Crippen molar-refractivity contribution in [1.82, 2.24) is 4.57 Å². The van der Waals surface area contributed by atoms with Crippen LogP contribution >= 0.6 is 11.8 Å². The molecule has 0 aliphatic carbocycles. The van der Waals surface area contributed by atoms with Crippen molar-refractivity contribution in [2.75, 3.05) is 12.9 Å². The first-order valence-corrected chi connectivity index (χ1v) is 8.74. The summed E-state index contributed by atoms with van der Waals surface area (Å²) in [6, 6.07) is 17.0. The lowest BCUT2D eigenvalue weighted by Gasteiger charge is -2.05. The number of aromatic nitrogens is 2. The first kappa shape index (κ1) is 14.4. The van der Waals surface area contributed by atoms with E-state index in [-0.39, 0.29) is 0 Å². The smallest absolute Gasteiger partial charge is 0.323 e. The van der Waals surface area contributed by atoms with E-state index >= 15 is 0 Å². The standard InChI is InChI=1S/C19H19N2OS/c1-14-3-5-15(6-4-14)18-13-20-11-12-23-19(20)21(18)16-7-9-17(22-2)10-8-16/h3-10,13H,11-12H2,1-2H3/q+1.